The van der Waals surface area contributed by atoms with Crippen molar-refractivity contribution in [3.05, 3.63) is 0 Å². The van der Waals surface area contributed by atoms with E-state index in [1.807, 2.05) is 0 Å². The van der Waals surface area contributed by atoms with E-state index in [-0.39, 0.29) is 0 Å². The van der Waals surface area contributed by atoms with E-state index < -0.39 is 5.97 Å². The first-order valence-corrected chi connectivity index (χ1v) is 6.27. The zero-order chi connectivity index (χ0) is 11.8. The summed E-state index contributed by atoms with van der Waals surface area (Å²) in [5.41, 5.74) is 0. The van der Waals surface area contributed by atoms with Crippen LogP contribution >= 0.6 is 0 Å². The van der Waals surface area contributed by atoms with E-state index >= 15 is 0 Å². The minimum atomic E-state index is -0.671. The van der Waals surface area contributed by atoms with Crippen molar-refractivity contribution in [2.24, 2.45) is 5.92 Å². The molecule has 0 aromatic heterocycles. The second-order valence-electron chi connectivity index (χ2n) is 4.69. The van der Waals surface area contributed by atoms with Gasteiger partial charge in [0, 0.05) is 19.6 Å². The highest BCUT2D eigenvalue weighted by Gasteiger charge is 2.23. The molecule has 0 aliphatic carbocycles. The summed E-state index contributed by atoms with van der Waals surface area (Å²) in [6.45, 7) is 3.39. The average molecular weight is 229 g/mol. The van der Waals surface area contributed by atoms with Gasteiger partial charge in [0.25, 0.3) is 0 Å². The molecule has 0 saturated carbocycles. The average Bonchev–Trinajstić information content (AvgIpc) is 2.64. The lowest BCUT2D eigenvalue weighted by atomic mass is 10.1. The molecule has 1 aliphatic rings. The molecule has 16 heavy (non-hydrogen) atoms. The van der Waals surface area contributed by atoms with Crippen molar-refractivity contribution in [1.29, 1.82) is 0 Å². The van der Waals surface area contributed by atoms with Gasteiger partial charge in [-0.15, -0.1) is 0 Å². The SMILES string of the molecule is O=C(O)CC1CCN(CCCCCCO)C1. The van der Waals surface area contributed by atoms with Crippen LogP contribution in [0.15, 0.2) is 0 Å². The van der Waals surface area contributed by atoms with Gasteiger partial charge in [-0.25, -0.2) is 0 Å². The van der Waals surface area contributed by atoms with Gasteiger partial charge in [0.1, 0.15) is 0 Å². The molecule has 0 amide bonds. The van der Waals surface area contributed by atoms with Crippen LogP contribution in [0.3, 0.4) is 0 Å². The Balaban J connectivity index is 2.01. The number of aliphatic carboxylic acids is 1. The molecule has 1 fully saturated rings. The Morgan fingerprint density at radius 2 is 2.00 bits per heavy atom. The highest BCUT2D eigenvalue weighted by Crippen LogP contribution is 2.19. The van der Waals surface area contributed by atoms with E-state index in [4.69, 9.17) is 10.2 Å². The van der Waals surface area contributed by atoms with Crippen LogP contribution in [-0.2, 0) is 4.79 Å². The fourth-order valence-corrected chi connectivity index (χ4v) is 2.33. The second-order valence-corrected chi connectivity index (χ2v) is 4.69. The van der Waals surface area contributed by atoms with Gasteiger partial charge in [0.05, 0.1) is 0 Å². The van der Waals surface area contributed by atoms with E-state index in [1.54, 1.807) is 0 Å². The number of aliphatic hydroxyl groups is 1. The largest absolute Gasteiger partial charge is 0.481 e. The smallest absolute Gasteiger partial charge is 0.303 e. The summed E-state index contributed by atoms with van der Waals surface area (Å²) >= 11 is 0. The summed E-state index contributed by atoms with van der Waals surface area (Å²) in [5, 5.41) is 17.3. The number of unbranched alkanes of at least 4 members (excludes halogenated alkanes) is 3. The van der Waals surface area contributed by atoms with Crippen molar-refractivity contribution < 1.29 is 15.0 Å². The van der Waals surface area contributed by atoms with Gasteiger partial charge >= 0.3 is 5.97 Å². The van der Waals surface area contributed by atoms with Crippen LogP contribution in [-0.4, -0.2) is 47.3 Å². The number of hydrogen-bond donors (Lipinski definition) is 2. The maximum Gasteiger partial charge on any atom is 0.303 e. The molecule has 94 valence electrons. The Labute approximate surface area is 97.3 Å². The molecule has 0 radical (unpaired) electrons. The minimum Gasteiger partial charge on any atom is -0.481 e. The number of hydrogen-bond acceptors (Lipinski definition) is 3. The minimum absolute atomic E-state index is 0.296. The summed E-state index contributed by atoms with van der Waals surface area (Å²) in [4.78, 5) is 12.9. The molecule has 0 spiro atoms. The van der Waals surface area contributed by atoms with Crippen molar-refractivity contribution in [1.82, 2.24) is 4.90 Å². The van der Waals surface area contributed by atoms with Crippen LogP contribution in [0, 0.1) is 5.92 Å². The van der Waals surface area contributed by atoms with Crippen molar-refractivity contribution in [3.63, 3.8) is 0 Å². The van der Waals surface area contributed by atoms with Gasteiger partial charge in [-0.2, -0.15) is 0 Å². The number of carboxylic acid groups (broad SMARTS) is 1. The number of likely N-dealkylation sites (tertiary alicyclic amines) is 1. The van der Waals surface area contributed by atoms with Gasteiger partial charge in [-0.1, -0.05) is 12.8 Å². The van der Waals surface area contributed by atoms with Crippen LogP contribution in [0.1, 0.15) is 38.5 Å². The first-order valence-electron chi connectivity index (χ1n) is 6.27. The molecule has 4 nitrogen and oxygen atoms in total. The molecule has 2 N–H and O–H groups in total. The molecule has 0 aromatic carbocycles. The van der Waals surface area contributed by atoms with Gasteiger partial charge in [0.15, 0.2) is 0 Å². The topological polar surface area (TPSA) is 60.8 Å². The Bertz CT molecular complexity index is 208. The van der Waals surface area contributed by atoms with Crippen molar-refractivity contribution in [3.8, 4) is 0 Å². The zero-order valence-corrected chi connectivity index (χ0v) is 9.90. The van der Waals surface area contributed by atoms with E-state index in [0.29, 0.717) is 18.9 Å². The van der Waals surface area contributed by atoms with Crippen molar-refractivity contribution in [2.45, 2.75) is 38.5 Å². The third-order valence-corrected chi connectivity index (χ3v) is 3.22. The van der Waals surface area contributed by atoms with Crippen molar-refractivity contribution >= 4 is 5.97 Å². The lowest BCUT2D eigenvalue weighted by Gasteiger charge is -2.15. The predicted octanol–water partition coefficient (Wildman–Crippen LogP) is 1.34. The Morgan fingerprint density at radius 3 is 2.69 bits per heavy atom. The first-order chi connectivity index (χ1) is 7.72. The monoisotopic (exact) mass is 229 g/mol. The van der Waals surface area contributed by atoms with Crippen molar-refractivity contribution in [2.75, 3.05) is 26.2 Å². The lowest BCUT2D eigenvalue weighted by molar-refractivity contribution is -0.138. The molecule has 1 heterocycles. The third-order valence-electron chi connectivity index (χ3n) is 3.22. The quantitative estimate of drug-likeness (QED) is 0.617. The molecule has 1 rings (SSSR count). The van der Waals surface area contributed by atoms with Gasteiger partial charge in [-0.3, -0.25) is 4.79 Å². The van der Waals surface area contributed by atoms with Crippen LogP contribution in [0.2, 0.25) is 0 Å². The third kappa shape index (κ3) is 5.47. The summed E-state index contributed by atoms with van der Waals surface area (Å²) in [6, 6.07) is 0. The molecular weight excluding hydrogens is 206 g/mol. The maximum absolute atomic E-state index is 10.6. The molecule has 1 saturated heterocycles. The number of aliphatic hydroxyl groups excluding tert-OH is 1. The lowest BCUT2D eigenvalue weighted by Crippen LogP contribution is -2.22. The Morgan fingerprint density at radius 1 is 1.25 bits per heavy atom. The fourth-order valence-electron chi connectivity index (χ4n) is 2.33. The standard InChI is InChI=1S/C12H23NO3/c14-8-4-2-1-3-6-13-7-5-11(10-13)9-12(15)16/h11,14H,1-10H2,(H,15,16). The van der Waals surface area contributed by atoms with E-state index in [0.717, 1.165) is 38.9 Å². The van der Waals surface area contributed by atoms with Gasteiger partial charge in [-0.05, 0) is 38.3 Å². The summed E-state index contributed by atoms with van der Waals surface area (Å²) in [5.74, 6) is -0.315. The van der Waals surface area contributed by atoms with E-state index in [2.05, 4.69) is 4.90 Å². The molecular formula is C12H23NO3. The molecule has 1 aliphatic heterocycles. The Hall–Kier alpha value is -0.610. The number of rotatable bonds is 8. The highest BCUT2D eigenvalue weighted by atomic mass is 16.4. The number of carboxylic acids is 1. The van der Waals surface area contributed by atoms with Crippen LogP contribution < -0.4 is 0 Å². The van der Waals surface area contributed by atoms with E-state index in [1.165, 1.54) is 12.8 Å². The maximum atomic E-state index is 10.6. The summed E-state index contributed by atoms with van der Waals surface area (Å²) in [7, 11) is 0. The Kier molecular flexibility index (Phi) is 6.42. The van der Waals surface area contributed by atoms with Crippen LogP contribution in [0.25, 0.3) is 0 Å². The summed E-state index contributed by atoms with van der Waals surface area (Å²) in [6.07, 6.45) is 5.69. The number of nitrogens with zero attached hydrogens (tertiary/aromatic N) is 1. The summed E-state index contributed by atoms with van der Waals surface area (Å²) < 4.78 is 0. The van der Waals surface area contributed by atoms with Crippen LogP contribution in [0.4, 0.5) is 0 Å². The zero-order valence-electron chi connectivity index (χ0n) is 9.90. The predicted molar refractivity (Wildman–Crippen MR) is 62.4 cm³/mol. The normalized spacial score (nSPS) is 21.4. The highest BCUT2D eigenvalue weighted by molar-refractivity contribution is 5.67. The number of carbonyl (C=O) groups is 1. The first kappa shape index (κ1) is 13.5. The molecule has 1 atom stereocenters. The van der Waals surface area contributed by atoms with E-state index in [9.17, 15) is 4.79 Å². The molecule has 4 heteroatoms. The second kappa shape index (κ2) is 7.63. The van der Waals surface area contributed by atoms with Gasteiger partial charge < -0.3 is 15.1 Å². The van der Waals surface area contributed by atoms with Gasteiger partial charge in [0.2, 0.25) is 0 Å². The molecule has 0 bridgehead atoms. The van der Waals surface area contributed by atoms with Crippen LogP contribution in [0.5, 0.6) is 0 Å². The molecule has 1 unspecified atom stereocenters. The molecule has 0 aromatic rings. The fraction of sp³-hybridized carbons (Fsp3) is 0.917.